The Morgan fingerprint density at radius 1 is 1.40 bits per heavy atom. The van der Waals surface area contributed by atoms with Crippen LogP contribution in [0, 0.1) is 11.8 Å². The van der Waals surface area contributed by atoms with Gasteiger partial charge in [0.05, 0.1) is 0 Å². The first-order valence-electron chi connectivity index (χ1n) is 6.12. The van der Waals surface area contributed by atoms with Crippen LogP contribution in [0.2, 0.25) is 0 Å². The largest absolute Gasteiger partial charge is 0.356 e. The molecule has 0 radical (unpaired) electrons. The van der Waals surface area contributed by atoms with Crippen LogP contribution in [0.15, 0.2) is 0 Å². The summed E-state index contributed by atoms with van der Waals surface area (Å²) in [7, 11) is 0. The first-order chi connectivity index (χ1) is 7.09. The molecule has 1 fully saturated rings. The predicted molar refractivity (Wildman–Crippen MR) is 62.4 cm³/mol. The van der Waals surface area contributed by atoms with Gasteiger partial charge >= 0.3 is 0 Å². The lowest BCUT2D eigenvalue weighted by atomic mass is 9.83. The van der Waals surface area contributed by atoms with Gasteiger partial charge in [-0.15, -0.1) is 0 Å². The van der Waals surface area contributed by atoms with E-state index >= 15 is 0 Å². The average Bonchev–Trinajstić information content (AvgIpc) is 2.18. The molecule has 3 heteroatoms. The van der Waals surface area contributed by atoms with E-state index in [4.69, 9.17) is 5.73 Å². The van der Waals surface area contributed by atoms with Gasteiger partial charge in [-0.05, 0) is 24.7 Å². The monoisotopic (exact) mass is 212 g/mol. The maximum Gasteiger partial charge on any atom is 0.220 e. The Hall–Kier alpha value is -0.570. The maximum atomic E-state index is 11.6. The molecule has 0 aromatic rings. The number of amides is 1. The fraction of sp³-hybridized carbons (Fsp3) is 0.917. The van der Waals surface area contributed by atoms with Gasteiger partial charge in [0.25, 0.3) is 0 Å². The van der Waals surface area contributed by atoms with Gasteiger partial charge in [0.2, 0.25) is 5.91 Å². The molecular weight excluding hydrogens is 188 g/mol. The molecule has 1 amide bonds. The highest BCUT2D eigenvalue weighted by Gasteiger charge is 2.23. The molecular formula is C12H24N2O. The van der Waals surface area contributed by atoms with Crippen molar-refractivity contribution in [3.63, 3.8) is 0 Å². The predicted octanol–water partition coefficient (Wildman–Crippen LogP) is 1.67. The molecule has 0 bridgehead atoms. The highest BCUT2D eigenvalue weighted by atomic mass is 16.1. The summed E-state index contributed by atoms with van der Waals surface area (Å²) in [5.41, 5.74) is 6.00. The molecule has 2 atom stereocenters. The van der Waals surface area contributed by atoms with E-state index in [0.717, 1.165) is 19.4 Å². The highest BCUT2D eigenvalue weighted by molar-refractivity contribution is 5.76. The van der Waals surface area contributed by atoms with Crippen molar-refractivity contribution in [1.29, 1.82) is 0 Å². The lowest BCUT2D eigenvalue weighted by molar-refractivity contribution is -0.122. The third kappa shape index (κ3) is 4.65. The zero-order valence-electron chi connectivity index (χ0n) is 9.96. The number of nitrogens with two attached hydrogens (primary N) is 1. The summed E-state index contributed by atoms with van der Waals surface area (Å²) in [6.45, 7) is 4.99. The van der Waals surface area contributed by atoms with E-state index < -0.39 is 0 Å². The van der Waals surface area contributed by atoms with Gasteiger partial charge in [0.15, 0.2) is 0 Å². The third-order valence-electron chi connectivity index (χ3n) is 3.12. The Morgan fingerprint density at radius 3 is 2.67 bits per heavy atom. The summed E-state index contributed by atoms with van der Waals surface area (Å²) >= 11 is 0. The molecule has 1 saturated carbocycles. The molecule has 0 spiro atoms. The number of rotatable bonds is 4. The summed E-state index contributed by atoms with van der Waals surface area (Å²) in [5.74, 6) is 1.10. The zero-order valence-corrected chi connectivity index (χ0v) is 9.96. The molecule has 3 N–H and O–H groups in total. The van der Waals surface area contributed by atoms with Gasteiger partial charge in [0, 0.05) is 19.0 Å². The maximum absolute atomic E-state index is 11.6. The first kappa shape index (κ1) is 12.5. The summed E-state index contributed by atoms with van der Waals surface area (Å²) in [4.78, 5) is 11.6. The van der Waals surface area contributed by atoms with Crippen LogP contribution in [0.3, 0.4) is 0 Å². The standard InChI is InChI=1S/C12H24N2O/c1-9(2)8-14-12(15)7-10-5-3-4-6-11(10)13/h9-11H,3-8,13H2,1-2H3,(H,14,15). The molecule has 0 aromatic carbocycles. The van der Waals surface area contributed by atoms with E-state index in [9.17, 15) is 4.79 Å². The number of carbonyl (C=O) groups is 1. The molecule has 0 aromatic heterocycles. The average molecular weight is 212 g/mol. The van der Waals surface area contributed by atoms with Crippen molar-refractivity contribution < 1.29 is 4.79 Å². The van der Waals surface area contributed by atoms with Gasteiger partial charge in [-0.1, -0.05) is 26.7 Å². The fourth-order valence-electron chi connectivity index (χ4n) is 2.12. The number of nitrogens with one attached hydrogen (secondary N) is 1. The molecule has 88 valence electrons. The smallest absolute Gasteiger partial charge is 0.220 e. The van der Waals surface area contributed by atoms with Crippen molar-refractivity contribution in [1.82, 2.24) is 5.32 Å². The quantitative estimate of drug-likeness (QED) is 0.744. The highest BCUT2D eigenvalue weighted by Crippen LogP contribution is 2.25. The number of hydrogen-bond acceptors (Lipinski definition) is 2. The van der Waals surface area contributed by atoms with Gasteiger partial charge in [-0.3, -0.25) is 4.79 Å². The second-order valence-electron chi connectivity index (χ2n) is 5.11. The van der Waals surface area contributed by atoms with Gasteiger partial charge in [-0.2, -0.15) is 0 Å². The molecule has 1 rings (SSSR count). The molecule has 0 aliphatic heterocycles. The summed E-state index contributed by atoms with van der Waals surface area (Å²) in [5, 5.41) is 2.96. The normalized spacial score (nSPS) is 26.7. The van der Waals surface area contributed by atoms with Crippen molar-refractivity contribution in [2.75, 3.05) is 6.54 Å². The van der Waals surface area contributed by atoms with E-state index in [-0.39, 0.29) is 11.9 Å². The van der Waals surface area contributed by atoms with Crippen molar-refractivity contribution in [2.24, 2.45) is 17.6 Å². The van der Waals surface area contributed by atoms with Crippen LogP contribution < -0.4 is 11.1 Å². The topological polar surface area (TPSA) is 55.1 Å². The minimum absolute atomic E-state index is 0.172. The van der Waals surface area contributed by atoms with Crippen molar-refractivity contribution in [2.45, 2.75) is 52.0 Å². The molecule has 0 saturated heterocycles. The van der Waals surface area contributed by atoms with Crippen LogP contribution in [0.25, 0.3) is 0 Å². The van der Waals surface area contributed by atoms with E-state index in [1.54, 1.807) is 0 Å². The summed E-state index contributed by atoms with van der Waals surface area (Å²) in [6.07, 6.45) is 5.29. The zero-order chi connectivity index (χ0) is 11.3. The fourth-order valence-corrected chi connectivity index (χ4v) is 2.12. The first-order valence-corrected chi connectivity index (χ1v) is 6.12. The van der Waals surface area contributed by atoms with E-state index in [0.29, 0.717) is 18.3 Å². The van der Waals surface area contributed by atoms with Crippen molar-refractivity contribution >= 4 is 5.91 Å². The van der Waals surface area contributed by atoms with Crippen LogP contribution in [-0.4, -0.2) is 18.5 Å². The van der Waals surface area contributed by atoms with Gasteiger partial charge in [0.1, 0.15) is 0 Å². The second-order valence-corrected chi connectivity index (χ2v) is 5.11. The number of hydrogen-bond donors (Lipinski definition) is 2. The molecule has 0 heterocycles. The SMILES string of the molecule is CC(C)CNC(=O)CC1CCCCC1N. The van der Waals surface area contributed by atoms with Crippen molar-refractivity contribution in [3.05, 3.63) is 0 Å². The van der Waals surface area contributed by atoms with Crippen LogP contribution in [-0.2, 0) is 4.79 Å². The Morgan fingerprint density at radius 2 is 2.07 bits per heavy atom. The molecule has 2 unspecified atom stereocenters. The van der Waals surface area contributed by atoms with Crippen LogP contribution in [0.1, 0.15) is 46.0 Å². The van der Waals surface area contributed by atoms with Gasteiger partial charge in [-0.25, -0.2) is 0 Å². The Balaban J connectivity index is 2.24. The summed E-state index contributed by atoms with van der Waals surface area (Å²) in [6, 6.07) is 0.239. The van der Waals surface area contributed by atoms with Crippen molar-refractivity contribution in [3.8, 4) is 0 Å². The minimum Gasteiger partial charge on any atom is -0.356 e. The van der Waals surface area contributed by atoms with E-state index in [1.807, 2.05) is 0 Å². The Bertz CT molecular complexity index is 204. The molecule has 1 aliphatic carbocycles. The second kappa shape index (κ2) is 6.11. The van der Waals surface area contributed by atoms with Crippen LogP contribution >= 0.6 is 0 Å². The molecule has 15 heavy (non-hydrogen) atoms. The minimum atomic E-state index is 0.172. The Kier molecular flexibility index (Phi) is 5.09. The third-order valence-corrected chi connectivity index (χ3v) is 3.12. The van der Waals surface area contributed by atoms with E-state index in [2.05, 4.69) is 19.2 Å². The number of carbonyl (C=O) groups excluding carboxylic acids is 1. The van der Waals surface area contributed by atoms with Crippen LogP contribution in [0.5, 0.6) is 0 Å². The van der Waals surface area contributed by atoms with Gasteiger partial charge < -0.3 is 11.1 Å². The molecule has 1 aliphatic rings. The molecule has 3 nitrogen and oxygen atoms in total. The van der Waals surface area contributed by atoms with E-state index in [1.165, 1.54) is 12.8 Å². The Labute approximate surface area is 92.8 Å². The van der Waals surface area contributed by atoms with Crippen LogP contribution in [0.4, 0.5) is 0 Å². The lowest BCUT2D eigenvalue weighted by Crippen LogP contribution is -2.37. The lowest BCUT2D eigenvalue weighted by Gasteiger charge is -2.28. The summed E-state index contributed by atoms with van der Waals surface area (Å²) < 4.78 is 0.